The van der Waals surface area contributed by atoms with Crippen molar-refractivity contribution in [2.45, 2.75) is 79.6 Å². The molecule has 1 N–H and O–H groups in total. The minimum atomic E-state index is -1.44. The molecule has 0 bridgehead atoms. The molecule has 2 rings (SSSR count). The van der Waals surface area contributed by atoms with Gasteiger partial charge in [0.15, 0.2) is 0 Å². The summed E-state index contributed by atoms with van der Waals surface area (Å²) in [4.78, 5) is 12.9. The van der Waals surface area contributed by atoms with Crippen LogP contribution in [0.5, 0.6) is 0 Å². The third kappa shape index (κ3) is 4.52. The van der Waals surface area contributed by atoms with Crippen molar-refractivity contribution in [1.82, 2.24) is 0 Å². The molecule has 1 aliphatic rings. The highest BCUT2D eigenvalue weighted by atomic mass is 32.2. The Morgan fingerprint density at radius 2 is 1.88 bits per heavy atom. The zero-order valence-corrected chi connectivity index (χ0v) is 17.8. The van der Waals surface area contributed by atoms with Crippen LogP contribution in [0.2, 0.25) is 0 Å². The SMILES string of the molecule is CCOC(=O)C[C@@]1(O)CCCCC1(SC(C)C)[S@@](=O)c1ccc(C)cc1. The van der Waals surface area contributed by atoms with Gasteiger partial charge in [0.1, 0.15) is 9.68 Å². The number of esters is 1. The maximum atomic E-state index is 13.7. The number of rotatable bonds is 7. The van der Waals surface area contributed by atoms with E-state index < -0.39 is 26.4 Å². The topological polar surface area (TPSA) is 63.6 Å². The van der Waals surface area contributed by atoms with E-state index in [0.29, 0.717) is 17.7 Å². The lowest BCUT2D eigenvalue weighted by atomic mass is 9.81. The second-order valence-corrected chi connectivity index (χ2v) is 11.1. The average Bonchev–Trinajstić information content (AvgIpc) is 2.57. The lowest BCUT2D eigenvalue weighted by Gasteiger charge is -2.49. The van der Waals surface area contributed by atoms with E-state index in [2.05, 4.69) is 0 Å². The monoisotopic (exact) mass is 398 g/mol. The van der Waals surface area contributed by atoms with Crippen LogP contribution in [0, 0.1) is 6.92 Å². The van der Waals surface area contributed by atoms with Crippen LogP contribution >= 0.6 is 11.8 Å². The molecule has 1 saturated carbocycles. The summed E-state index contributed by atoms with van der Waals surface area (Å²) >= 11 is 1.54. The van der Waals surface area contributed by atoms with E-state index in [-0.39, 0.29) is 18.3 Å². The molecule has 0 spiro atoms. The molecule has 0 amide bonds. The van der Waals surface area contributed by atoms with Crippen molar-refractivity contribution in [1.29, 1.82) is 0 Å². The van der Waals surface area contributed by atoms with Crippen molar-refractivity contribution in [3.8, 4) is 0 Å². The molecule has 1 aromatic carbocycles. The van der Waals surface area contributed by atoms with Gasteiger partial charge >= 0.3 is 5.97 Å². The van der Waals surface area contributed by atoms with Crippen LogP contribution in [-0.4, -0.2) is 36.8 Å². The molecule has 146 valence electrons. The number of hydrogen-bond acceptors (Lipinski definition) is 5. The average molecular weight is 399 g/mol. The Balaban J connectivity index is 2.47. The van der Waals surface area contributed by atoms with Crippen molar-refractivity contribution in [3.05, 3.63) is 29.8 Å². The highest BCUT2D eigenvalue weighted by Gasteiger charge is 2.58. The van der Waals surface area contributed by atoms with E-state index in [9.17, 15) is 14.1 Å². The van der Waals surface area contributed by atoms with Crippen LogP contribution in [0.25, 0.3) is 0 Å². The first-order valence-electron chi connectivity index (χ1n) is 9.28. The number of ether oxygens (including phenoxy) is 1. The number of aryl methyl sites for hydroxylation is 1. The number of thioether (sulfide) groups is 1. The molecule has 0 aliphatic heterocycles. The Morgan fingerprint density at radius 1 is 1.27 bits per heavy atom. The van der Waals surface area contributed by atoms with Crippen molar-refractivity contribution in [2.24, 2.45) is 0 Å². The van der Waals surface area contributed by atoms with E-state index in [4.69, 9.17) is 4.74 Å². The number of aliphatic hydroxyl groups is 1. The van der Waals surface area contributed by atoms with Crippen molar-refractivity contribution in [3.63, 3.8) is 0 Å². The van der Waals surface area contributed by atoms with Gasteiger partial charge in [-0.05, 0) is 38.8 Å². The highest BCUT2D eigenvalue weighted by molar-refractivity contribution is 8.13. The van der Waals surface area contributed by atoms with Crippen LogP contribution in [-0.2, 0) is 20.3 Å². The molecular formula is C20H30O4S2. The quantitative estimate of drug-likeness (QED) is 0.698. The molecule has 0 radical (unpaired) electrons. The lowest BCUT2D eigenvalue weighted by Crippen LogP contribution is -2.58. The second-order valence-electron chi connectivity index (χ2n) is 7.22. The van der Waals surface area contributed by atoms with Crippen LogP contribution in [0.3, 0.4) is 0 Å². The smallest absolute Gasteiger partial charge is 0.308 e. The molecular weight excluding hydrogens is 368 g/mol. The molecule has 0 aromatic heterocycles. The Labute approximate surface area is 163 Å². The summed E-state index contributed by atoms with van der Waals surface area (Å²) in [6.45, 7) is 8.10. The van der Waals surface area contributed by atoms with Gasteiger partial charge in [0.25, 0.3) is 0 Å². The van der Waals surface area contributed by atoms with Crippen LogP contribution < -0.4 is 0 Å². The zero-order chi connectivity index (χ0) is 19.4. The summed E-state index contributed by atoms with van der Waals surface area (Å²) in [5.74, 6) is -0.425. The molecule has 4 nitrogen and oxygen atoms in total. The van der Waals surface area contributed by atoms with Crippen molar-refractivity contribution in [2.75, 3.05) is 6.61 Å². The Morgan fingerprint density at radius 3 is 2.46 bits per heavy atom. The normalized spacial score (nSPS) is 27.3. The van der Waals surface area contributed by atoms with E-state index in [1.807, 2.05) is 45.0 Å². The minimum absolute atomic E-state index is 0.113. The summed E-state index contributed by atoms with van der Waals surface area (Å²) in [5.41, 5.74) is -0.246. The summed E-state index contributed by atoms with van der Waals surface area (Å²) in [7, 11) is -1.44. The number of carbonyl (C=O) groups is 1. The van der Waals surface area contributed by atoms with Crippen molar-refractivity contribution < 1.29 is 18.8 Å². The van der Waals surface area contributed by atoms with E-state index in [1.54, 1.807) is 6.92 Å². The molecule has 6 heteroatoms. The van der Waals surface area contributed by atoms with Gasteiger partial charge in [-0.25, -0.2) is 0 Å². The third-order valence-corrected chi connectivity index (χ3v) is 8.82. The third-order valence-electron chi connectivity index (χ3n) is 4.76. The zero-order valence-electron chi connectivity index (χ0n) is 16.1. The summed E-state index contributed by atoms with van der Waals surface area (Å²) < 4.78 is 17.9. The Kier molecular flexibility index (Phi) is 7.34. The molecule has 1 aliphatic carbocycles. The molecule has 1 fully saturated rings. The standard InChI is InChI=1S/C20H30O4S2/c1-5-24-18(21)14-19(22)12-6-7-13-20(19,25-15(2)3)26(23)17-10-8-16(4)9-11-17/h8-11,15,22H,5-7,12-14H2,1-4H3/t19-,20?,26-/m0/s1. The lowest BCUT2D eigenvalue weighted by molar-refractivity contribution is -0.150. The molecule has 0 heterocycles. The first-order chi connectivity index (χ1) is 12.2. The predicted octanol–water partition coefficient (Wildman–Crippen LogP) is 4.20. The molecule has 3 atom stereocenters. The second kappa shape index (κ2) is 8.89. The van der Waals surface area contributed by atoms with Gasteiger partial charge in [-0.1, -0.05) is 44.4 Å². The van der Waals surface area contributed by atoms with E-state index in [1.165, 1.54) is 11.8 Å². The minimum Gasteiger partial charge on any atom is -0.466 e. The fourth-order valence-corrected chi connectivity index (χ4v) is 7.83. The highest BCUT2D eigenvalue weighted by Crippen LogP contribution is 2.53. The fraction of sp³-hybridized carbons (Fsp3) is 0.650. The Hall–Kier alpha value is -0.850. The van der Waals surface area contributed by atoms with Gasteiger partial charge in [-0.3, -0.25) is 9.00 Å². The maximum absolute atomic E-state index is 13.7. The number of benzene rings is 1. The molecule has 26 heavy (non-hydrogen) atoms. The van der Waals surface area contributed by atoms with Gasteiger partial charge in [0.2, 0.25) is 0 Å². The fourth-order valence-electron chi connectivity index (χ4n) is 3.58. The van der Waals surface area contributed by atoms with Crippen LogP contribution in [0.15, 0.2) is 29.2 Å². The van der Waals surface area contributed by atoms with Crippen LogP contribution in [0.1, 0.15) is 58.4 Å². The Bertz CT molecular complexity index is 644. The first kappa shape index (κ1) is 21.5. The molecule has 1 aromatic rings. The summed E-state index contributed by atoms with van der Waals surface area (Å²) in [5, 5.41) is 11.8. The molecule has 0 saturated heterocycles. The predicted molar refractivity (Wildman–Crippen MR) is 108 cm³/mol. The largest absolute Gasteiger partial charge is 0.466 e. The van der Waals surface area contributed by atoms with Crippen LogP contribution in [0.4, 0.5) is 0 Å². The van der Waals surface area contributed by atoms with Gasteiger partial charge in [-0.15, -0.1) is 11.8 Å². The van der Waals surface area contributed by atoms with Gasteiger partial charge in [-0.2, -0.15) is 0 Å². The van der Waals surface area contributed by atoms with Crippen molar-refractivity contribution >= 4 is 28.5 Å². The molecule has 1 unspecified atom stereocenters. The number of carbonyl (C=O) groups excluding carboxylic acids is 1. The van der Waals surface area contributed by atoms with E-state index >= 15 is 0 Å². The van der Waals surface area contributed by atoms with Gasteiger partial charge < -0.3 is 9.84 Å². The van der Waals surface area contributed by atoms with E-state index in [0.717, 1.165) is 18.4 Å². The van der Waals surface area contributed by atoms with Gasteiger partial charge in [0.05, 0.1) is 23.8 Å². The maximum Gasteiger partial charge on any atom is 0.308 e. The first-order valence-corrected chi connectivity index (χ1v) is 11.3. The summed E-state index contributed by atoms with van der Waals surface area (Å²) in [6, 6.07) is 7.61. The van der Waals surface area contributed by atoms with Gasteiger partial charge in [0, 0.05) is 10.1 Å². The number of hydrogen-bond donors (Lipinski definition) is 1. The summed E-state index contributed by atoms with van der Waals surface area (Å²) in [6.07, 6.45) is 2.68.